The monoisotopic (exact) mass is 412 g/mol. The van der Waals surface area contributed by atoms with Crippen molar-refractivity contribution < 1.29 is 14.3 Å². The van der Waals surface area contributed by atoms with Crippen molar-refractivity contribution in [2.45, 2.75) is 57.8 Å². The third-order valence-electron chi connectivity index (χ3n) is 5.26. The molecule has 0 spiro atoms. The van der Waals surface area contributed by atoms with Gasteiger partial charge in [-0.15, -0.1) is 0 Å². The Hall–Kier alpha value is -3.10. The minimum absolute atomic E-state index is 0.0623. The van der Waals surface area contributed by atoms with Crippen molar-refractivity contribution in [3.8, 4) is 17.1 Å². The summed E-state index contributed by atoms with van der Waals surface area (Å²) in [6.07, 6.45) is 8.32. The summed E-state index contributed by atoms with van der Waals surface area (Å²) in [4.78, 5) is 18.7. The second-order valence-corrected chi connectivity index (χ2v) is 9.20. The highest BCUT2D eigenvalue weighted by molar-refractivity contribution is 5.68. The van der Waals surface area contributed by atoms with Crippen molar-refractivity contribution in [1.82, 2.24) is 29.3 Å². The van der Waals surface area contributed by atoms with Crippen LogP contribution in [0.25, 0.3) is 16.8 Å². The normalized spacial score (nSPS) is 21.3. The van der Waals surface area contributed by atoms with E-state index in [9.17, 15) is 4.79 Å². The van der Waals surface area contributed by atoms with Gasteiger partial charge in [0, 0.05) is 44.7 Å². The maximum Gasteiger partial charge on any atom is 0.410 e. The SMILES string of the molecule is Cn1cc(-c2cn3nccc3c(O[C@]3(C)C[C@H](N(C)C(=O)OC(C)(C)C)C3)n2)cn1. The van der Waals surface area contributed by atoms with E-state index in [0.29, 0.717) is 18.7 Å². The van der Waals surface area contributed by atoms with E-state index >= 15 is 0 Å². The molecule has 0 aromatic carbocycles. The van der Waals surface area contributed by atoms with Crippen molar-refractivity contribution in [3.05, 3.63) is 30.9 Å². The molecular formula is C21H28N6O3. The standard InChI is InChI=1S/C21H28N6O3/c1-20(2,3)30-19(28)26(6)15-9-21(4,10-15)29-18-17-7-8-22-27(17)13-16(24-18)14-11-23-25(5)12-14/h7-8,11-13,15H,9-10H2,1-6H3/t15-,21+. The van der Waals surface area contributed by atoms with Crippen LogP contribution in [-0.2, 0) is 11.8 Å². The average molecular weight is 412 g/mol. The zero-order chi connectivity index (χ0) is 21.7. The lowest BCUT2D eigenvalue weighted by Gasteiger charge is -2.48. The van der Waals surface area contributed by atoms with Gasteiger partial charge in [0.25, 0.3) is 0 Å². The van der Waals surface area contributed by atoms with E-state index in [1.807, 2.05) is 53.2 Å². The second kappa shape index (κ2) is 7.00. The summed E-state index contributed by atoms with van der Waals surface area (Å²) in [5.41, 5.74) is 1.49. The number of rotatable bonds is 4. The molecule has 1 aliphatic rings. The molecule has 30 heavy (non-hydrogen) atoms. The maximum atomic E-state index is 12.3. The molecule has 0 unspecified atom stereocenters. The van der Waals surface area contributed by atoms with Gasteiger partial charge in [0.05, 0.1) is 24.3 Å². The number of aromatic nitrogens is 5. The van der Waals surface area contributed by atoms with E-state index in [1.165, 1.54) is 0 Å². The largest absolute Gasteiger partial charge is 0.470 e. The highest BCUT2D eigenvalue weighted by Crippen LogP contribution is 2.40. The van der Waals surface area contributed by atoms with Crippen LogP contribution in [0.5, 0.6) is 5.88 Å². The molecule has 160 valence electrons. The number of carbonyl (C=O) groups is 1. The van der Waals surface area contributed by atoms with Crippen LogP contribution in [0.1, 0.15) is 40.5 Å². The first-order chi connectivity index (χ1) is 14.0. The Bertz CT molecular complexity index is 1070. The van der Waals surface area contributed by atoms with Crippen LogP contribution < -0.4 is 4.74 Å². The zero-order valence-corrected chi connectivity index (χ0v) is 18.3. The molecule has 0 aliphatic heterocycles. The Morgan fingerprint density at radius 2 is 2.00 bits per heavy atom. The molecule has 9 heteroatoms. The number of aryl methyl sites for hydroxylation is 1. The molecule has 1 aliphatic carbocycles. The van der Waals surface area contributed by atoms with Gasteiger partial charge >= 0.3 is 6.09 Å². The molecule has 1 fully saturated rings. The average Bonchev–Trinajstić information content (AvgIpc) is 3.26. The zero-order valence-electron chi connectivity index (χ0n) is 18.3. The van der Waals surface area contributed by atoms with E-state index in [1.54, 1.807) is 33.5 Å². The summed E-state index contributed by atoms with van der Waals surface area (Å²) in [5.74, 6) is 0.523. The highest BCUT2D eigenvalue weighted by Gasteiger charge is 2.47. The molecule has 3 aromatic heterocycles. The number of fused-ring (bicyclic) bond motifs is 1. The molecule has 0 radical (unpaired) electrons. The van der Waals surface area contributed by atoms with Gasteiger partial charge in [-0.1, -0.05) is 0 Å². The fraction of sp³-hybridized carbons (Fsp3) is 0.524. The summed E-state index contributed by atoms with van der Waals surface area (Å²) in [6.45, 7) is 7.64. The van der Waals surface area contributed by atoms with Gasteiger partial charge in [-0.25, -0.2) is 14.3 Å². The summed E-state index contributed by atoms with van der Waals surface area (Å²) < 4.78 is 15.3. The number of amides is 1. The van der Waals surface area contributed by atoms with Crippen LogP contribution in [0.2, 0.25) is 0 Å². The fourth-order valence-corrected chi connectivity index (χ4v) is 3.68. The Morgan fingerprint density at radius 3 is 2.63 bits per heavy atom. The van der Waals surface area contributed by atoms with Crippen LogP contribution in [0.4, 0.5) is 4.79 Å². The Morgan fingerprint density at radius 1 is 1.27 bits per heavy atom. The minimum atomic E-state index is -0.515. The number of ether oxygens (including phenoxy) is 2. The molecule has 1 saturated carbocycles. The summed E-state index contributed by atoms with van der Waals surface area (Å²) in [7, 11) is 3.64. The Kier molecular flexibility index (Phi) is 4.71. The molecule has 1 amide bonds. The first-order valence-corrected chi connectivity index (χ1v) is 10.0. The lowest BCUT2D eigenvalue weighted by Crippen LogP contribution is -2.57. The fourth-order valence-electron chi connectivity index (χ4n) is 3.68. The first kappa shape index (κ1) is 20.2. The number of hydrogen-bond acceptors (Lipinski definition) is 6. The predicted octanol–water partition coefficient (Wildman–Crippen LogP) is 3.30. The van der Waals surface area contributed by atoms with Crippen molar-refractivity contribution in [1.29, 1.82) is 0 Å². The summed E-state index contributed by atoms with van der Waals surface area (Å²) in [6, 6.07) is 1.94. The first-order valence-electron chi connectivity index (χ1n) is 10.0. The van der Waals surface area contributed by atoms with Crippen molar-refractivity contribution in [2.75, 3.05) is 7.05 Å². The molecule has 3 heterocycles. The van der Waals surface area contributed by atoms with Crippen molar-refractivity contribution in [3.63, 3.8) is 0 Å². The van der Waals surface area contributed by atoms with Gasteiger partial charge in [0.1, 0.15) is 16.7 Å². The smallest absolute Gasteiger partial charge is 0.410 e. The number of carbonyl (C=O) groups excluding carboxylic acids is 1. The lowest BCUT2D eigenvalue weighted by molar-refractivity contribution is -0.0588. The van der Waals surface area contributed by atoms with Gasteiger partial charge in [0.15, 0.2) is 0 Å². The van der Waals surface area contributed by atoms with Gasteiger partial charge in [-0.3, -0.25) is 4.68 Å². The quantitative estimate of drug-likeness (QED) is 0.653. The van der Waals surface area contributed by atoms with Crippen molar-refractivity contribution in [2.24, 2.45) is 7.05 Å². The lowest BCUT2D eigenvalue weighted by atomic mass is 9.76. The molecular weight excluding hydrogens is 384 g/mol. The van der Waals surface area contributed by atoms with E-state index in [0.717, 1.165) is 16.8 Å². The van der Waals surface area contributed by atoms with Crippen LogP contribution in [0.3, 0.4) is 0 Å². The van der Waals surface area contributed by atoms with Crippen LogP contribution in [0.15, 0.2) is 30.9 Å². The van der Waals surface area contributed by atoms with Gasteiger partial charge in [-0.2, -0.15) is 10.2 Å². The third-order valence-corrected chi connectivity index (χ3v) is 5.26. The van der Waals surface area contributed by atoms with E-state index in [-0.39, 0.29) is 12.1 Å². The number of hydrogen-bond donors (Lipinski definition) is 0. The summed E-state index contributed by atoms with van der Waals surface area (Å²) in [5, 5.41) is 8.57. The molecule has 0 N–H and O–H groups in total. The molecule has 0 atom stereocenters. The van der Waals surface area contributed by atoms with E-state index < -0.39 is 11.2 Å². The predicted molar refractivity (Wildman–Crippen MR) is 111 cm³/mol. The molecule has 9 nitrogen and oxygen atoms in total. The van der Waals surface area contributed by atoms with Crippen LogP contribution in [-0.4, -0.2) is 59.7 Å². The Balaban J connectivity index is 1.51. The van der Waals surface area contributed by atoms with E-state index in [2.05, 4.69) is 10.2 Å². The number of nitrogens with zero attached hydrogens (tertiary/aromatic N) is 6. The molecule has 0 bridgehead atoms. The molecule has 4 rings (SSSR count). The van der Waals surface area contributed by atoms with Gasteiger partial charge in [-0.05, 0) is 33.8 Å². The minimum Gasteiger partial charge on any atom is -0.470 e. The van der Waals surface area contributed by atoms with Gasteiger partial charge in [0.2, 0.25) is 5.88 Å². The van der Waals surface area contributed by atoms with Gasteiger partial charge < -0.3 is 14.4 Å². The van der Waals surface area contributed by atoms with Crippen LogP contribution in [0, 0.1) is 0 Å². The van der Waals surface area contributed by atoms with Crippen LogP contribution >= 0.6 is 0 Å². The summed E-state index contributed by atoms with van der Waals surface area (Å²) >= 11 is 0. The Labute approximate surface area is 175 Å². The second-order valence-electron chi connectivity index (χ2n) is 9.20. The topological polar surface area (TPSA) is 86.8 Å². The molecule has 0 saturated heterocycles. The van der Waals surface area contributed by atoms with Crippen molar-refractivity contribution >= 4 is 11.6 Å². The third kappa shape index (κ3) is 3.96. The molecule has 3 aromatic rings. The van der Waals surface area contributed by atoms with E-state index in [4.69, 9.17) is 14.5 Å². The maximum absolute atomic E-state index is 12.3. The highest BCUT2D eigenvalue weighted by atomic mass is 16.6.